The molecule has 35 heavy (non-hydrogen) atoms. The van der Waals surface area contributed by atoms with E-state index in [2.05, 4.69) is 8.58 Å². The summed E-state index contributed by atoms with van der Waals surface area (Å²) in [6.45, 7) is 0. The predicted molar refractivity (Wildman–Crippen MR) is 154 cm³/mol. The van der Waals surface area contributed by atoms with Gasteiger partial charge in [-0.1, -0.05) is 186 Å². The van der Waals surface area contributed by atoms with Crippen LogP contribution >= 0.6 is 221 Å². The molecule has 0 rings (SSSR count). The number of hydrogen-bond acceptors (Lipinski definition) is 4. The van der Waals surface area contributed by atoms with Gasteiger partial charge in [0.05, 0.1) is 23.7 Å². The lowest BCUT2D eigenvalue weighted by atomic mass is 9.89. The Hall–Kier alpha value is 5.08. The zero-order valence-corrected chi connectivity index (χ0v) is 29.8. The first kappa shape index (κ1) is 40.1. The maximum atomic E-state index is 11.8. The van der Waals surface area contributed by atoms with E-state index in [4.69, 9.17) is 221 Å². The molecular weight excluding hydrogens is 906 g/mol. The van der Waals surface area contributed by atoms with Crippen LogP contribution in [0.1, 0.15) is 0 Å². The van der Waals surface area contributed by atoms with Gasteiger partial charge in [-0.05, 0) is 0 Å². The van der Waals surface area contributed by atoms with Crippen molar-refractivity contribution >= 4 is 231 Å². The molecule has 0 amide bonds. The second-order valence-corrected chi connectivity index (χ2v) is 18.7. The minimum Gasteiger partial charge on any atom is -0.283 e. The molecule has 0 saturated heterocycles. The lowest BCUT2D eigenvalue weighted by Crippen LogP contribution is -2.78. The van der Waals surface area contributed by atoms with Crippen molar-refractivity contribution < 1.29 is 21.5 Å². The molecule has 3 unspecified atom stereocenters. The molecular formula is C10HCl19O5S. The SMILES string of the molecule is O=S(=O)(O)C(Cl)(Cl)C(Cl)(Cl)C(Cl)(Cl)C(Cl)(OCl)C(Cl)(C(Cl)(Cl)Cl)C(Cl)(Cl)C(Cl)(OCl)C(Cl)=C(Cl)Cl. The predicted octanol–water partition coefficient (Wildman–Crippen LogP) is 11.0. The molecule has 0 aromatic heterocycles. The van der Waals surface area contributed by atoms with Gasteiger partial charge in [0, 0.05) is 0 Å². The van der Waals surface area contributed by atoms with Crippen LogP contribution in [-0.4, -0.2) is 48.4 Å². The average Bonchev–Trinajstić information content (AvgIpc) is 2.68. The van der Waals surface area contributed by atoms with Crippen LogP contribution in [0.4, 0.5) is 0 Å². The molecule has 3 atom stereocenters. The Morgan fingerprint density at radius 2 is 1.00 bits per heavy atom. The maximum absolute atomic E-state index is 11.8. The lowest BCUT2D eigenvalue weighted by molar-refractivity contribution is 0.0582. The second kappa shape index (κ2) is 12.6. The molecule has 0 aromatic carbocycles. The van der Waals surface area contributed by atoms with Crippen LogP contribution in [0.5, 0.6) is 0 Å². The Labute approximate surface area is 293 Å². The summed E-state index contributed by atoms with van der Waals surface area (Å²) in [6, 6.07) is 0. The smallest absolute Gasteiger partial charge is 0.283 e. The second-order valence-electron chi connectivity index (χ2n) is 5.79. The first-order valence-electron chi connectivity index (χ1n) is 6.90. The van der Waals surface area contributed by atoms with Gasteiger partial charge in [0.1, 0.15) is 9.52 Å². The standard InChI is InChI=1S/C10HCl19O5S/c11-1(2(12)13)3(14,33-28)5(16,17)4(15,9(23,24)25)8(22,34-29)6(18,19)7(20,21)10(26,27)35(30,31)32/h(H,30,31,32). The van der Waals surface area contributed by atoms with Crippen molar-refractivity contribution in [2.24, 2.45) is 0 Å². The summed E-state index contributed by atoms with van der Waals surface area (Å²) in [5, 5.41) is -7.93. The normalized spacial score (nSPS) is 20.0. The van der Waals surface area contributed by atoms with E-state index in [-0.39, 0.29) is 0 Å². The largest absolute Gasteiger partial charge is 0.302 e. The van der Waals surface area contributed by atoms with Gasteiger partial charge in [0.2, 0.25) is 22.6 Å². The average molecular weight is 907 g/mol. The van der Waals surface area contributed by atoms with Gasteiger partial charge >= 0.3 is 10.1 Å². The third kappa shape index (κ3) is 6.20. The van der Waals surface area contributed by atoms with Crippen molar-refractivity contribution in [2.75, 3.05) is 0 Å². The summed E-state index contributed by atoms with van der Waals surface area (Å²) in [7, 11) is -5.69. The fourth-order valence-electron chi connectivity index (χ4n) is 1.99. The van der Waals surface area contributed by atoms with Crippen LogP contribution in [0.2, 0.25) is 0 Å². The highest BCUT2D eigenvalue weighted by atomic mass is 35.6. The summed E-state index contributed by atoms with van der Waals surface area (Å²) in [5.41, 5.74) is 0. The molecule has 0 radical (unpaired) electrons. The van der Waals surface area contributed by atoms with Crippen LogP contribution in [0.25, 0.3) is 0 Å². The van der Waals surface area contributed by atoms with Crippen molar-refractivity contribution in [3.63, 3.8) is 0 Å². The van der Waals surface area contributed by atoms with Crippen molar-refractivity contribution in [3.05, 3.63) is 9.52 Å². The minimum atomic E-state index is -5.69. The van der Waals surface area contributed by atoms with Crippen molar-refractivity contribution in [3.8, 4) is 0 Å². The number of hydrogen-bond donors (Lipinski definition) is 1. The summed E-state index contributed by atoms with van der Waals surface area (Å²) in [6.07, 6.45) is 0. The van der Waals surface area contributed by atoms with Gasteiger partial charge < -0.3 is 0 Å². The number of rotatable bonds is 10. The zero-order chi connectivity index (χ0) is 29.1. The van der Waals surface area contributed by atoms with E-state index in [1.165, 1.54) is 0 Å². The molecule has 210 valence electrons. The van der Waals surface area contributed by atoms with Gasteiger partial charge in [-0.2, -0.15) is 8.42 Å². The highest BCUT2D eigenvalue weighted by Crippen LogP contribution is 2.73. The van der Waals surface area contributed by atoms with Gasteiger partial charge in [-0.15, -0.1) is 11.6 Å². The van der Waals surface area contributed by atoms with Crippen molar-refractivity contribution in [1.82, 2.24) is 0 Å². The van der Waals surface area contributed by atoms with E-state index < -0.39 is 55.1 Å². The molecule has 0 fully saturated rings. The van der Waals surface area contributed by atoms with E-state index >= 15 is 0 Å². The van der Waals surface area contributed by atoms with Gasteiger partial charge in [-0.3, -0.25) is 8.84 Å². The summed E-state index contributed by atoms with van der Waals surface area (Å²) >= 11 is 113. The first-order chi connectivity index (χ1) is 15.0. The fourth-order valence-corrected chi connectivity index (χ4v) is 9.24. The van der Waals surface area contributed by atoms with E-state index in [9.17, 15) is 13.0 Å². The van der Waals surface area contributed by atoms with E-state index in [1.54, 1.807) is 0 Å². The molecule has 1 N–H and O–H groups in total. The topological polar surface area (TPSA) is 72.8 Å². The Morgan fingerprint density at radius 3 is 1.23 bits per heavy atom. The van der Waals surface area contributed by atoms with E-state index in [1.807, 2.05) is 0 Å². The molecule has 0 aliphatic carbocycles. The Balaban J connectivity index is 7.94. The lowest BCUT2D eigenvalue weighted by Gasteiger charge is -2.58. The maximum Gasteiger partial charge on any atom is 0.302 e. The Bertz CT molecular complexity index is 940. The van der Waals surface area contributed by atoms with E-state index in [0.29, 0.717) is 0 Å². The molecule has 0 aromatic rings. The molecule has 0 heterocycles. The molecule has 0 aliphatic heterocycles. The Morgan fingerprint density at radius 1 is 0.629 bits per heavy atom. The summed E-state index contributed by atoms with van der Waals surface area (Å²) in [4.78, 5) is -3.62. The molecule has 5 nitrogen and oxygen atoms in total. The molecule has 0 saturated carbocycles. The van der Waals surface area contributed by atoms with Crippen LogP contribution in [0.3, 0.4) is 0 Å². The third-order valence-corrected chi connectivity index (χ3v) is 16.4. The quantitative estimate of drug-likeness (QED) is 0.175. The minimum absolute atomic E-state index is 0.901. The molecule has 0 spiro atoms. The van der Waals surface area contributed by atoms with Crippen LogP contribution in [0, 0.1) is 0 Å². The summed E-state index contributed by atoms with van der Waals surface area (Å²) in [5.74, 6) is 0. The first-order valence-corrected chi connectivity index (χ1v) is 15.4. The monoisotopic (exact) mass is 897 g/mol. The van der Waals surface area contributed by atoms with Crippen molar-refractivity contribution in [2.45, 2.75) is 35.5 Å². The van der Waals surface area contributed by atoms with Crippen LogP contribution in [-0.2, 0) is 18.7 Å². The van der Waals surface area contributed by atoms with Crippen LogP contribution in [0.15, 0.2) is 9.52 Å². The van der Waals surface area contributed by atoms with Gasteiger partial charge in [-0.25, -0.2) is 4.29 Å². The zero-order valence-electron chi connectivity index (χ0n) is 14.7. The summed E-state index contributed by atoms with van der Waals surface area (Å²) < 4.78 is 23.3. The molecule has 25 heteroatoms. The van der Waals surface area contributed by atoms with E-state index in [0.717, 1.165) is 0 Å². The van der Waals surface area contributed by atoms with Gasteiger partial charge in [0.15, 0.2) is 9.21 Å². The molecule has 0 bridgehead atoms. The van der Waals surface area contributed by atoms with Crippen LogP contribution < -0.4 is 0 Å². The highest BCUT2D eigenvalue weighted by molar-refractivity contribution is 7.90. The van der Waals surface area contributed by atoms with Gasteiger partial charge in [0.25, 0.3) is 3.67 Å². The fraction of sp³-hybridized carbons (Fsp3) is 0.800. The van der Waals surface area contributed by atoms with Crippen molar-refractivity contribution in [1.29, 1.82) is 0 Å². The highest BCUT2D eigenvalue weighted by Gasteiger charge is 2.87. The third-order valence-electron chi connectivity index (χ3n) is 3.82. The Kier molecular flexibility index (Phi) is 14.4. The number of halogens is 19. The molecule has 0 aliphatic rings. The number of alkyl halides is 14.